The second-order valence-corrected chi connectivity index (χ2v) is 11.2. The largest absolute Gasteiger partial charge is 0.494 e. The molecule has 5 aromatic rings. The van der Waals surface area contributed by atoms with E-state index in [4.69, 9.17) is 9.47 Å². The van der Waals surface area contributed by atoms with Crippen molar-refractivity contribution in [3.8, 4) is 11.5 Å². The van der Waals surface area contributed by atoms with Crippen LogP contribution in [-0.4, -0.2) is 62.5 Å². The van der Waals surface area contributed by atoms with E-state index in [0.29, 0.717) is 22.8 Å². The van der Waals surface area contributed by atoms with Gasteiger partial charge in [-0.1, -0.05) is 18.2 Å². The first kappa shape index (κ1) is 39.0. The van der Waals surface area contributed by atoms with Crippen LogP contribution >= 0.6 is 0 Å². The van der Waals surface area contributed by atoms with Gasteiger partial charge in [0.25, 0.3) is 11.8 Å². The number of benzene rings is 2. The first-order valence-electron chi connectivity index (χ1n) is 15.9. The quantitative estimate of drug-likeness (QED) is 0.128. The molecule has 0 aliphatic carbocycles. The molecule has 2 amide bonds. The Bertz CT molecular complexity index is 2160. The van der Waals surface area contributed by atoms with Gasteiger partial charge in [0.15, 0.2) is 28.9 Å². The van der Waals surface area contributed by atoms with E-state index in [9.17, 15) is 28.0 Å². The first-order chi connectivity index (χ1) is 25.4. The SMILES string of the molecule is COc1cc(CNC(=O)c2cc(C(=O)/C=C/c3cccnc3)nc(C)n2)ccc1F.COc1cc(CNC(=O)c2cc(C(C)=O)nc(C)n2)ccc1F. The third-order valence-electron chi connectivity index (χ3n) is 7.20. The van der Waals surface area contributed by atoms with Crippen LogP contribution in [0.2, 0.25) is 0 Å². The molecule has 272 valence electrons. The number of aromatic nitrogens is 5. The van der Waals surface area contributed by atoms with Crippen LogP contribution in [0.1, 0.15) is 77.2 Å². The third kappa shape index (κ3) is 11.4. The van der Waals surface area contributed by atoms with Gasteiger partial charge >= 0.3 is 0 Å². The fourth-order valence-electron chi connectivity index (χ4n) is 4.58. The van der Waals surface area contributed by atoms with Crippen molar-refractivity contribution in [2.24, 2.45) is 0 Å². The van der Waals surface area contributed by atoms with Crippen LogP contribution < -0.4 is 20.1 Å². The summed E-state index contributed by atoms with van der Waals surface area (Å²) in [5.74, 6) is -1.65. The summed E-state index contributed by atoms with van der Waals surface area (Å²) < 4.78 is 36.7. The van der Waals surface area contributed by atoms with E-state index in [1.165, 1.54) is 63.6 Å². The number of aryl methyl sites for hydroxylation is 2. The van der Waals surface area contributed by atoms with Crippen LogP contribution in [0.3, 0.4) is 0 Å². The molecule has 0 aliphatic heterocycles. The molecule has 0 fully saturated rings. The Morgan fingerprint density at radius 2 is 1.19 bits per heavy atom. The molecule has 15 heteroatoms. The minimum absolute atomic E-state index is 0.0645. The maximum absolute atomic E-state index is 13.5. The monoisotopic (exact) mass is 723 g/mol. The zero-order valence-corrected chi connectivity index (χ0v) is 29.4. The van der Waals surface area contributed by atoms with Crippen LogP contribution in [0.5, 0.6) is 11.5 Å². The highest BCUT2D eigenvalue weighted by molar-refractivity contribution is 6.06. The zero-order valence-electron chi connectivity index (χ0n) is 29.4. The number of halogens is 2. The Hall–Kier alpha value is -6.77. The van der Waals surface area contributed by atoms with E-state index in [0.717, 1.165) is 5.56 Å². The van der Waals surface area contributed by atoms with Crippen molar-refractivity contribution in [1.29, 1.82) is 0 Å². The molecule has 53 heavy (non-hydrogen) atoms. The zero-order chi connectivity index (χ0) is 38.5. The van der Waals surface area contributed by atoms with Gasteiger partial charge in [-0.05, 0) is 85.2 Å². The van der Waals surface area contributed by atoms with E-state index in [1.807, 2.05) is 6.07 Å². The molecule has 2 N–H and O–H groups in total. The van der Waals surface area contributed by atoms with Crippen LogP contribution in [0.25, 0.3) is 6.08 Å². The highest BCUT2D eigenvalue weighted by Gasteiger charge is 2.15. The number of Topliss-reactive ketones (excluding diaryl/α,β-unsaturated/α-hetero) is 1. The van der Waals surface area contributed by atoms with E-state index < -0.39 is 23.4 Å². The number of amides is 2. The van der Waals surface area contributed by atoms with Gasteiger partial charge in [0, 0.05) is 32.4 Å². The summed E-state index contributed by atoms with van der Waals surface area (Å²) in [5.41, 5.74) is 2.57. The Labute approximate surface area is 303 Å². The number of ether oxygens (including phenoxy) is 2. The summed E-state index contributed by atoms with van der Waals surface area (Å²) in [6.07, 6.45) is 6.25. The lowest BCUT2D eigenvalue weighted by molar-refractivity contribution is 0.0936. The normalized spacial score (nSPS) is 10.5. The number of pyridine rings is 1. The molecular formula is C38H35F2N7O6. The lowest BCUT2D eigenvalue weighted by Gasteiger charge is -2.08. The maximum atomic E-state index is 13.5. The summed E-state index contributed by atoms with van der Waals surface area (Å²) >= 11 is 0. The van der Waals surface area contributed by atoms with Crippen molar-refractivity contribution in [3.05, 3.63) is 142 Å². The van der Waals surface area contributed by atoms with Gasteiger partial charge in [-0.3, -0.25) is 24.2 Å². The molecule has 5 rings (SSSR count). The molecule has 0 radical (unpaired) electrons. The van der Waals surface area contributed by atoms with Gasteiger partial charge in [0.1, 0.15) is 34.4 Å². The average molecular weight is 724 g/mol. The van der Waals surface area contributed by atoms with Crippen LogP contribution in [0.4, 0.5) is 8.78 Å². The Morgan fingerprint density at radius 1 is 0.698 bits per heavy atom. The van der Waals surface area contributed by atoms with Crippen molar-refractivity contribution in [2.45, 2.75) is 33.9 Å². The molecule has 0 atom stereocenters. The number of rotatable bonds is 12. The van der Waals surface area contributed by atoms with Gasteiger partial charge in [-0.2, -0.15) is 0 Å². The average Bonchev–Trinajstić information content (AvgIpc) is 3.16. The fraction of sp³-hybridized carbons (Fsp3) is 0.184. The number of allylic oxidation sites excluding steroid dienone is 1. The van der Waals surface area contributed by atoms with E-state index in [2.05, 4.69) is 35.6 Å². The standard InChI is InChI=1S/C22H19FN4O3.C16H16FN3O3/c1-14-26-18(20(28)8-6-15-4-3-9-24-12-15)11-19(27-14)22(29)25-13-16-5-7-17(23)21(10-16)30-2;1-9(21)13-7-14(20-10(2)19-13)16(22)18-8-11-4-5-12(17)15(6-11)23-3/h3-12H,13H2,1-2H3,(H,25,29);4-7H,8H2,1-3H3,(H,18,22)/b8-6+;. The summed E-state index contributed by atoms with van der Waals surface area (Å²) in [6.45, 7) is 4.89. The lowest BCUT2D eigenvalue weighted by Crippen LogP contribution is -2.25. The van der Waals surface area contributed by atoms with Gasteiger partial charge < -0.3 is 20.1 Å². The number of nitrogens with one attached hydrogen (secondary N) is 2. The maximum Gasteiger partial charge on any atom is 0.270 e. The molecule has 0 unspecified atom stereocenters. The van der Waals surface area contributed by atoms with Crippen LogP contribution in [0, 0.1) is 25.5 Å². The van der Waals surface area contributed by atoms with E-state index in [-0.39, 0.29) is 58.9 Å². The number of carbonyl (C=O) groups excluding carboxylic acids is 4. The van der Waals surface area contributed by atoms with Crippen molar-refractivity contribution in [2.75, 3.05) is 14.2 Å². The molecule has 3 aromatic heterocycles. The topological polar surface area (TPSA) is 175 Å². The molecule has 0 spiro atoms. The molecule has 13 nitrogen and oxygen atoms in total. The minimum atomic E-state index is -0.485. The van der Waals surface area contributed by atoms with E-state index in [1.54, 1.807) is 50.5 Å². The van der Waals surface area contributed by atoms with Crippen molar-refractivity contribution in [1.82, 2.24) is 35.6 Å². The number of ketones is 2. The highest BCUT2D eigenvalue weighted by Crippen LogP contribution is 2.19. The number of carbonyl (C=O) groups is 4. The van der Waals surface area contributed by atoms with Crippen LogP contribution in [0.15, 0.2) is 79.1 Å². The summed E-state index contributed by atoms with van der Waals surface area (Å²) in [5, 5.41) is 5.35. The Kier molecular flexibility index (Phi) is 13.6. The Balaban J connectivity index is 0.000000245. The van der Waals surface area contributed by atoms with Gasteiger partial charge in [-0.15, -0.1) is 0 Å². The molecule has 0 aliphatic rings. The van der Waals surface area contributed by atoms with Crippen molar-refractivity contribution in [3.63, 3.8) is 0 Å². The number of nitrogens with zero attached hydrogens (tertiary/aromatic N) is 5. The molecular weight excluding hydrogens is 688 g/mol. The summed E-state index contributed by atoms with van der Waals surface area (Å²) in [7, 11) is 2.74. The lowest BCUT2D eigenvalue weighted by atomic mass is 10.1. The van der Waals surface area contributed by atoms with E-state index >= 15 is 0 Å². The predicted molar refractivity (Wildman–Crippen MR) is 189 cm³/mol. The molecule has 0 saturated carbocycles. The number of hydrogen-bond donors (Lipinski definition) is 2. The summed E-state index contributed by atoms with van der Waals surface area (Å²) in [6, 6.07) is 14.9. The second kappa shape index (κ2) is 18.5. The molecule has 0 saturated heterocycles. The summed E-state index contributed by atoms with van der Waals surface area (Å²) in [4.78, 5) is 68.7. The molecule has 0 bridgehead atoms. The Morgan fingerprint density at radius 3 is 1.66 bits per heavy atom. The number of hydrogen-bond acceptors (Lipinski definition) is 11. The fourth-order valence-corrected chi connectivity index (χ4v) is 4.58. The highest BCUT2D eigenvalue weighted by atomic mass is 19.1. The van der Waals surface area contributed by atoms with Gasteiger partial charge in [0.05, 0.1) is 14.2 Å². The second-order valence-electron chi connectivity index (χ2n) is 11.2. The minimum Gasteiger partial charge on any atom is -0.494 e. The molecule has 3 heterocycles. The van der Waals surface area contributed by atoms with Gasteiger partial charge in [0.2, 0.25) is 5.78 Å². The third-order valence-corrected chi connectivity index (χ3v) is 7.20. The predicted octanol–water partition coefficient (Wildman–Crippen LogP) is 5.22. The first-order valence-corrected chi connectivity index (χ1v) is 15.9. The van der Waals surface area contributed by atoms with Crippen LogP contribution in [-0.2, 0) is 13.1 Å². The number of methoxy groups -OCH3 is 2. The smallest absolute Gasteiger partial charge is 0.270 e. The van der Waals surface area contributed by atoms with Gasteiger partial charge in [-0.25, -0.2) is 28.7 Å². The van der Waals surface area contributed by atoms with Crippen molar-refractivity contribution < 1.29 is 37.4 Å². The molecule has 2 aromatic carbocycles. The van der Waals surface area contributed by atoms with Crippen molar-refractivity contribution >= 4 is 29.5 Å².